The highest BCUT2D eigenvalue weighted by Gasteiger charge is 2.43. The number of amides is 3. The first kappa shape index (κ1) is 22.5. The van der Waals surface area contributed by atoms with Gasteiger partial charge in [-0.1, -0.05) is 43.2 Å². The van der Waals surface area contributed by atoms with Gasteiger partial charge in [-0.3, -0.25) is 4.79 Å². The van der Waals surface area contributed by atoms with Crippen molar-refractivity contribution < 1.29 is 19.1 Å². The van der Waals surface area contributed by atoms with E-state index in [0.29, 0.717) is 30.9 Å². The molecular formula is C24H31N3O4. The van der Waals surface area contributed by atoms with Crippen LogP contribution in [0.25, 0.3) is 0 Å². The fraction of sp³-hybridized carbons (Fsp3) is 0.417. The van der Waals surface area contributed by atoms with E-state index in [1.54, 1.807) is 20.3 Å². The summed E-state index contributed by atoms with van der Waals surface area (Å²) in [7, 11) is 3.18. The number of hydrogen-bond acceptors (Lipinski definition) is 4. The SMILES string of the molecule is COc1ccc(C(C)NC(=O)C2(NC(=O)NCc3ccccc3)CCCC2)c(OC)c1. The Kier molecular flexibility index (Phi) is 7.39. The first-order valence-electron chi connectivity index (χ1n) is 10.6. The number of hydrogen-bond donors (Lipinski definition) is 3. The van der Waals surface area contributed by atoms with Crippen molar-refractivity contribution in [2.24, 2.45) is 0 Å². The summed E-state index contributed by atoms with van der Waals surface area (Å²) in [5.41, 5.74) is 0.940. The van der Waals surface area contributed by atoms with Crippen LogP contribution in [-0.4, -0.2) is 31.7 Å². The largest absolute Gasteiger partial charge is 0.497 e. The van der Waals surface area contributed by atoms with E-state index in [1.165, 1.54) is 0 Å². The van der Waals surface area contributed by atoms with Crippen molar-refractivity contribution in [2.45, 2.75) is 50.7 Å². The number of carbonyl (C=O) groups excluding carboxylic acids is 2. The maximum absolute atomic E-state index is 13.3. The van der Waals surface area contributed by atoms with Gasteiger partial charge in [-0.05, 0) is 37.5 Å². The van der Waals surface area contributed by atoms with E-state index < -0.39 is 5.54 Å². The minimum atomic E-state index is -0.908. The Hall–Kier alpha value is -3.22. The van der Waals surface area contributed by atoms with Crippen LogP contribution in [0, 0.1) is 0 Å². The van der Waals surface area contributed by atoms with Crippen molar-refractivity contribution in [3.63, 3.8) is 0 Å². The molecule has 1 aliphatic rings. The molecule has 31 heavy (non-hydrogen) atoms. The Labute approximate surface area is 183 Å². The van der Waals surface area contributed by atoms with Crippen molar-refractivity contribution in [3.05, 3.63) is 59.7 Å². The lowest BCUT2D eigenvalue weighted by atomic mass is 9.95. The lowest BCUT2D eigenvalue weighted by Crippen LogP contribution is -2.59. The number of benzene rings is 2. The molecule has 7 nitrogen and oxygen atoms in total. The lowest BCUT2D eigenvalue weighted by molar-refractivity contribution is -0.127. The zero-order valence-electron chi connectivity index (χ0n) is 18.4. The molecule has 0 aromatic heterocycles. The second kappa shape index (κ2) is 10.2. The first-order valence-corrected chi connectivity index (χ1v) is 10.6. The lowest BCUT2D eigenvalue weighted by Gasteiger charge is -2.31. The molecule has 0 aliphatic heterocycles. The van der Waals surface area contributed by atoms with Crippen molar-refractivity contribution >= 4 is 11.9 Å². The third kappa shape index (κ3) is 5.48. The Morgan fingerprint density at radius 3 is 2.39 bits per heavy atom. The maximum atomic E-state index is 13.3. The molecule has 1 unspecified atom stereocenters. The van der Waals surface area contributed by atoms with Gasteiger partial charge in [0, 0.05) is 18.2 Å². The molecule has 1 aliphatic carbocycles. The zero-order valence-corrected chi connectivity index (χ0v) is 18.4. The molecule has 7 heteroatoms. The minimum absolute atomic E-state index is 0.176. The number of carbonyl (C=O) groups is 2. The van der Waals surface area contributed by atoms with Gasteiger partial charge in [-0.25, -0.2) is 4.79 Å². The van der Waals surface area contributed by atoms with Crippen molar-refractivity contribution in [3.8, 4) is 11.5 Å². The van der Waals surface area contributed by atoms with E-state index in [2.05, 4.69) is 16.0 Å². The molecule has 2 aromatic rings. The quantitative estimate of drug-likeness (QED) is 0.602. The molecule has 3 N–H and O–H groups in total. The van der Waals surface area contributed by atoms with Gasteiger partial charge in [0.1, 0.15) is 17.0 Å². The molecule has 0 saturated heterocycles. The van der Waals surface area contributed by atoms with Crippen LogP contribution in [0.5, 0.6) is 11.5 Å². The molecular weight excluding hydrogens is 394 g/mol. The predicted octanol–water partition coefficient (Wildman–Crippen LogP) is 3.69. The summed E-state index contributed by atoms with van der Waals surface area (Å²) in [6.07, 6.45) is 3.02. The van der Waals surface area contributed by atoms with Crippen LogP contribution in [-0.2, 0) is 11.3 Å². The van der Waals surface area contributed by atoms with Crippen LogP contribution in [0.1, 0.15) is 49.8 Å². The zero-order chi connectivity index (χ0) is 22.3. The number of rotatable bonds is 8. The van der Waals surface area contributed by atoms with Crippen LogP contribution in [0.4, 0.5) is 4.79 Å². The number of nitrogens with one attached hydrogen (secondary N) is 3. The number of ether oxygens (including phenoxy) is 2. The molecule has 1 atom stereocenters. The Balaban J connectivity index is 1.66. The van der Waals surface area contributed by atoms with Crippen molar-refractivity contribution in [2.75, 3.05) is 14.2 Å². The van der Waals surface area contributed by atoms with Gasteiger partial charge >= 0.3 is 6.03 Å². The smallest absolute Gasteiger partial charge is 0.315 e. The summed E-state index contributed by atoms with van der Waals surface area (Å²) in [5, 5.41) is 8.88. The standard InChI is InChI=1S/C24H31N3O4/c1-17(20-12-11-19(30-2)15-21(20)31-3)26-22(28)24(13-7-8-14-24)27-23(29)25-16-18-9-5-4-6-10-18/h4-6,9-12,15,17H,7-8,13-14,16H2,1-3H3,(H,26,28)(H2,25,27,29). The highest BCUT2D eigenvalue weighted by molar-refractivity contribution is 5.91. The van der Waals surface area contributed by atoms with Crippen LogP contribution >= 0.6 is 0 Å². The topological polar surface area (TPSA) is 88.7 Å². The summed E-state index contributed by atoms with van der Waals surface area (Å²) in [5.74, 6) is 1.15. The molecule has 1 fully saturated rings. The van der Waals surface area contributed by atoms with Gasteiger partial charge in [-0.15, -0.1) is 0 Å². The highest BCUT2D eigenvalue weighted by atomic mass is 16.5. The average Bonchev–Trinajstić information content (AvgIpc) is 3.27. The monoisotopic (exact) mass is 425 g/mol. The van der Waals surface area contributed by atoms with Crippen LogP contribution in [0.3, 0.4) is 0 Å². The molecule has 2 aromatic carbocycles. The maximum Gasteiger partial charge on any atom is 0.315 e. The van der Waals surface area contributed by atoms with Crippen LogP contribution < -0.4 is 25.4 Å². The summed E-state index contributed by atoms with van der Waals surface area (Å²) in [6.45, 7) is 2.31. The van der Waals surface area contributed by atoms with E-state index >= 15 is 0 Å². The first-order chi connectivity index (χ1) is 15.0. The molecule has 166 valence electrons. The van der Waals surface area contributed by atoms with Gasteiger partial charge in [0.05, 0.1) is 20.3 Å². The van der Waals surface area contributed by atoms with Gasteiger partial charge in [-0.2, -0.15) is 0 Å². The van der Waals surface area contributed by atoms with E-state index in [4.69, 9.17) is 9.47 Å². The summed E-state index contributed by atoms with van der Waals surface area (Å²) < 4.78 is 10.7. The van der Waals surface area contributed by atoms with Crippen LogP contribution in [0.2, 0.25) is 0 Å². The van der Waals surface area contributed by atoms with Gasteiger partial charge in [0.2, 0.25) is 5.91 Å². The molecule has 3 amide bonds. The molecule has 0 radical (unpaired) electrons. The molecule has 0 bridgehead atoms. The molecule has 0 spiro atoms. The number of methoxy groups -OCH3 is 2. The summed E-state index contributed by atoms with van der Waals surface area (Å²) >= 11 is 0. The van der Waals surface area contributed by atoms with Gasteiger partial charge in [0.25, 0.3) is 0 Å². The molecule has 1 saturated carbocycles. The van der Waals surface area contributed by atoms with E-state index in [0.717, 1.165) is 24.0 Å². The Bertz CT molecular complexity index is 895. The van der Waals surface area contributed by atoms with Gasteiger partial charge < -0.3 is 25.4 Å². The number of urea groups is 1. The third-order valence-corrected chi connectivity index (χ3v) is 5.80. The van der Waals surface area contributed by atoms with E-state index in [9.17, 15) is 9.59 Å². The minimum Gasteiger partial charge on any atom is -0.497 e. The summed E-state index contributed by atoms with van der Waals surface area (Å²) in [4.78, 5) is 25.8. The molecule has 0 heterocycles. The highest BCUT2D eigenvalue weighted by Crippen LogP contribution is 2.33. The fourth-order valence-corrected chi connectivity index (χ4v) is 4.02. The normalized spacial score (nSPS) is 15.6. The predicted molar refractivity (Wildman–Crippen MR) is 119 cm³/mol. The van der Waals surface area contributed by atoms with E-state index in [-0.39, 0.29) is 18.0 Å². The molecule has 3 rings (SSSR count). The summed E-state index contributed by atoms with van der Waals surface area (Å²) in [6, 6.07) is 14.6. The van der Waals surface area contributed by atoms with E-state index in [1.807, 2.05) is 49.4 Å². The van der Waals surface area contributed by atoms with Crippen molar-refractivity contribution in [1.29, 1.82) is 0 Å². The van der Waals surface area contributed by atoms with Gasteiger partial charge in [0.15, 0.2) is 0 Å². The third-order valence-electron chi connectivity index (χ3n) is 5.80. The second-order valence-electron chi connectivity index (χ2n) is 7.89. The Morgan fingerprint density at radius 1 is 1.03 bits per heavy atom. The fourth-order valence-electron chi connectivity index (χ4n) is 4.02. The Morgan fingerprint density at radius 2 is 1.74 bits per heavy atom. The van der Waals surface area contributed by atoms with Crippen molar-refractivity contribution in [1.82, 2.24) is 16.0 Å². The average molecular weight is 426 g/mol. The second-order valence-corrected chi connectivity index (χ2v) is 7.89. The van der Waals surface area contributed by atoms with Crippen LogP contribution in [0.15, 0.2) is 48.5 Å².